The summed E-state index contributed by atoms with van der Waals surface area (Å²) >= 11 is 3.33. The monoisotopic (exact) mass is 346 g/mol. The molecule has 0 N–H and O–H groups in total. The second-order valence-corrected chi connectivity index (χ2v) is 7.32. The van der Waals surface area contributed by atoms with Crippen molar-refractivity contribution in [3.63, 3.8) is 0 Å². The minimum absolute atomic E-state index is 0.270. The van der Waals surface area contributed by atoms with Gasteiger partial charge in [0.1, 0.15) is 0 Å². The van der Waals surface area contributed by atoms with Crippen LogP contribution < -0.4 is 4.80 Å². The highest BCUT2D eigenvalue weighted by molar-refractivity contribution is 7.98. The van der Waals surface area contributed by atoms with E-state index in [2.05, 4.69) is 41.8 Å². The fraction of sp³-hybridized carbons (Fsp3) is 0.294. The molecule has 1 aromatic carbocycles. The Kier molecular flexibility index (Phi) is 4.73. The largest absolute Gasteiger partial charge is 0.459 e. The SMILES string of the molecule is CSCCn1c(=NC(=O)c2ccco2)sc2cc(C)c(C)cc21. The lowest BCUT2D eigenvalue weighted by molar-refractivity contribution is 0.0971. The molecule has 0 radical (unpaired) electrons. The standard InChI is InChI=1S/C17H18N2O2S2/c1-11-9-13-15(10-12(11)2)23-17(19(13)6-8-22-3)18-16(20)14-5-4-7-21-14/h4-5,7,9-10H,6,8H2,1-3H3. The fourth-order valence-corrected chi connectivity index (χ4v) is 3.85. The lowest BCUT2D eigenvalue weighted by Crippen LogP contribution is -2.18. The van der Waals surface area contributed by atoms with Gasteiger partial charge in [-0.25, -0.2) is 0 Å². The Labute approximate surface area is 142 Å². The average Bonchev–Trinajstić information content (AvgIpc) is 3.15. The first kappa shape index (κ1) is 16.1. The number of amides is 1. The van der Waals surface area contributed by atoms with Gasteiger partial charge in [-0.3, -0.25) is 4.79 Å². The van der Waals surface area contributed by atoms with Crippen molar-refractivity contribution in [2.75, 3.05) is 12.0 Å². The molecular formula is C17H18N2O2S2. The zero-order valence-corrected chi connectivity index (χ0v) is 15.0. The summed E-state index contributed by atoms with van der Waals surface area (Å²) in [4.78, 5) is 17.3. The van der Waals surface area contributed by atoms with Crippen LogP contribution in [0.25, 0.3) is 10.2 Å². The molecule has 1 amide bonds. The van der Waals surface area contributed by atoms with Gasteiger partial charge < -0.3 is 8.98 Å². The number of nitrogens with zero attached hydrogens (tertiary/aromatic N) is 2. The highest BCUT2D eigenvalue weighted by Gasteiger charge is 2.11. The molecule has 3 aromatic rings. The lowest BCUT2D eigenvalue weighted by Gasteiger charge is -2.05. The van der Waals surface area contributed by atoms with E-state index in [0.717, 1.165) is 27.3 Å². The maximum atomic E-state index is 12.2. The number of benzene rings is 1. The Morgan fingerprint density at radius 1 is 1.35 bits per heavy atom. The summed E-state index contributed by atoms with van der Waals surface area (Å²) in [5.74, 6) is 0.903. The van der Waals surface area contributed by atoms with Crippen LogP contribution in [0.4, 0.5) is 0 Å². The molecule has 23 heavy (non-hydrogen) atoms. The quantitative estimate of drug-likeness (QED) is 0.717. The molecule has 0 saturated heterocycles. The van der Waals surface area contributed by atoms with Gasteiger partial charge in [-0.05, 0) is 55.5 Å². The number of rotatable bonds is 4. The molecule has 2 aromatic heterocycles. The van der Waals surface area contributed by atoms with Crippen LogP contribution in [0, 0.1) is 13.8 Å². The van der Waals surface area contributed by atoms with Crippen LogP contribution in [0.5, 0.6) is 0 Å². The minimum atomic E-state index is -0.340. The molecule has 0 unspecified atom stereocenters. The smallest absolute Gasteiger partial charge is 0.315 e. The summed E-state index contributed by atoms with van der Waals surface area (Å²) in [7, 11) is 0. The van der Waals surface area contributed by atoms with Crippen molar-refractivity contribution in [3.05, 3.63) is 52.2 Å². The number of carbonyl (C=O) groups is 1. The van der Waals surface area contributed by atoms with Gasteiger partial charge in [0.2, 0.25) is 0 Å². The Bertz CT molecular complexity index is 905. The van der Waals surface area contributed by atoms with Crippen LogP contribution in [-0.2, 0) is 6.54 Å². The summed E-state index contributed by atoms with van der Waals surface area (Å²) in [6.07, 6.45) is 3.57. The van der Waals surface area contributed by atoms with Crippen molar-refractivity contribution in [2.24, 2.45) is 4.99 Å². The van der Waals surface area contributed by atoms with Crippen LogP contribution in [0.2, 0.25) is 0 Å². The third-order valence-electron chi connectivity index (χ3n) is 3.75. The van der Waals surface area contributed by atoms with Gasteiger partial charge in [0, 0.05) is 12.3 Å². The zero-order chi connectivity index (χ0) is 16.4. The minimum Gasteiger partial charge on any atom is -0.459 e. The van der Waals surface area contributed by atoms with Crippen LogP contribution >= 0.6 is 23.1 Å². The number of aryl methyl sites for hydroxylation is 3. The number of thiazole rings is 1. The number of hydrogen-bond donors (Lipinski definition) is 0. The molecule has 6 heteroatoms. The van der Waals surface area contributed by atoms with E-state index in [0.29, 0.717) is 0 Å². The summed E-state index contributed by atoms with van der Waals surface area (Å²) in [6.45, 7) is 5.04. The first-order chi connectivity index (χ1) is 11.1. The molecule has 0 atom stereocenters. The van der Waals surface area contributed by atoms with E-state index in [1.165, 1.54) is 17.4 Å². The van der Waals surface area contributed by atoms with Crippen molar-refractivity contribution in [2.45, 2.75) is 20.4 Å². The molecule has 0 saturated carbocycles. The van der Waals surface area contributed by atoms with E-state index in [-0.39, 0.29) is 11.7 Å². The number of aromatic nitrogens is 1. The summed E-state index contributed by atoms with van der Waals surface area (Å²) < 4.78 is 8.43. The van der Waals surface area contributed by atoms with Gasteiger partial charge in [0.05, 0.1) is 16.5 Å². The number of carbonyl (C=O) groups excluding carboxylic acids is 1. The normalized spacial score (nSPS) is 12.2. The van der Waals surface area contributed by atoms with E-state index in [1.54, 1.807) is 35.2 Å². The maximum absolute atomic E-state index is 12.2. The van der Waals surface area contributed by atoms with Crippen molar-refractivity contribution in [1.82, 2.24) is 4.57 Å². The highest BCUT2D eigenvalue weighted by atomic mass is 32.2. The number of fused-ring (bicyclic) bond motifs is 1. The van der Waals surface area contributed by atoms with Crippen molar-refractivity contribution in [3.8, 4) is 0 Å². The first-order valence-electron chi connectivity index (χ1n) is 7.32. The maximum Gasteiger partial charge on any atom is 0.315 e. The topological polar surface area (TPSA) is 47.5 Å². The van der Waals surface area contributed by atoms with Crippen LogP contribution in [0.1, 0.15) is 21.7 Å². The number of furan rings is 1. The van der Waals surface area contributed by atoms with E-state index < -0.39 is 0 Å². The number of thioether (sulfide) groups is 1. The molecule has 4 nitrogen and oxygen atoms in total. The Morgan fingerprint density at radius 2 is 2.13 bits per heavy atom. The Morgan fingerprint density at radius 3 is 2.83 bits per heavy atom. The van der Waals surface area contributed by atoms with Crippen LogP contribution in [0.3, 0.4) is 0 Å². The molecule has 3 rings (SSSR count). The van der Waals surface area contributed by atoms with E-state index >= 15 is 0 Å². The van der Waals surface area contributed by atoms with E-state index in [1.807, 2.05) is 0 Å². The van der Waals surface area contributed by atoms with Gasteiger partial charge >= 0.3 is 5.91 Å². The van der Waals surface area contributed by atoms with Gasteiger partial charge in [-0.15, -0.1) is 0 Å². The average molecular weight is 346 g/mol. The van der Waals surface area contributed by atoms with Gasteiger partial charge in [-0.1, -0.05) is 11.3 Å². The molecule has 0 aliphatic rings. The molecular weight excluding hydrogens is 328 g/mol. The molecule has 120 valence electrons. The Hall–Kier alpha value is -1.79. The van der Waals surface area contributed by atoms with Gasteiger partial charge in [-0.2, -0.15) is 16.8 Å². The third kappa shape index (κ3) is 3.28. The molecule has 0 aliphatic heterocycles. The third-order valence-corrected chi connectivity index (χ3v) is 5.38. The predicted octanol–water partition coefficient (Wildman–Crippen LogP) is 4.02. The second kappa shape index (κ2) is 6.76. The molecule has 0 fully saturated rings. The van der Waals surface area contributed by atoms with Crippen LogP contribution in [0.15, 0.2) is 39.9 Å². The summed E-state index contributed by atoms with van der Waals surface area (Å²) in [5, 5.41) is 0. The Balaban J connectivity index is 2.16. The lowest BCUT2D eigenvalue weighted by atomic mass is 10.1. The van der Waals surface area contributed by atoms with Crippen molar-refractivity contribution < 1.29 is 9.21 Å². The molecule has 0 spiro atoms. The van der Waals surface area contributed by atoms with E-state index in [9.17, 15) is 4.79 Å². The molecule has 2 heterocycles. The van der Waals surface area contributed by atoms with Crippen molar-refractivity contribution in [1.29, 1.82) is 0 Å². The predicted molar refractivity (Wildman–Crippen MR) is 96.3 cm³/mol. The van der Waals surface area contributed by atoms with Gasteiger partial charge in [0.15, 0.2) is 10.6 Å². The fourth-order valence-electron chi connectivity index (χ4n) is 2.35. The second-order valence-electron chi connectivity index (χ2n) is 5.33. The molecule has 0 aliphatic carbocycles. The van der Waals surface area contributed by atoms with Crippen molar-refractivity contribution >= 4 is 39.2 Å². The van der Waals surface area contributed by atoms with Gasteiger partial charge in [0.25, 0.3) is 0 Å². The molecule has 0 bridgehead atoms. The van der Waals surface area contributed by atoms with Crippen LogP contribution in [-0.4, -0.2) is 22.5 Å². The summed E-state index contributed by atoms with van der Waals surface area (Å²) in [5.41, 5.74) is 3.63. The van der Waals surface area contributed by atoms with E-state index in [4.69, 9.17) is 4.42 Å². The highest BCUT2D eigenvalue weighted by Crippen LogP contribution is 2.22. The zero-order valence-electron chi connectivity index (χ0n) is 13.3. The number of hydrogen-bond acceptors (Lipinski definition) is 4. The first-order valence-corrected chi connectivity index (χ1v) is 9.53. The summed E-state index contributed by atoms with van der Waals surface area (Å²) in [6, 6.07) is 7.68.